The Labute approximate surface area is 140 Å². The molecule has 1 unspecified atom stereocenters. The van der Waals surface area contributed by atoms with Gasteiger partial charge in [-0.05, 0) is 50.1 Å². The molecule has 2 rings (SSSR count). The first kappa shape index (κ1) is 17.4. The lowest BCUT2D eigenvalue weighted by Gasteiger charge is -2.11. The summed E-state index contributed by atoms with van der Waals surface area (Å²) in [7, 11) is 0.518. The summed E-state index contributed by atoms with van der Waals surface area (Å²) >= 11 is 0. The van der Waals surface area contributed by atoms with Gasteiger partial charge >= 0.3 is 0 Å². The van der Waals surface area contributed by atoms with Crippen molar-refractivity contribution in [1.29, 1.82) is 0 Å². The van der Waals surface area contributed by atoms with Crippen LogP contribution in [0.2, 0.25) is 0 Å². The van der Waals surface area contributed by atoms with Crippen LogP contribution in [0.4, 0.5) is 0 Å². The highest BCUT2D eigenvalue weighted by Crippen LogP contribution is 2.23. The second kappa shape index (κ2) is 7.55. The van der Waals surface area contributed by atoms with Crippen molar-refractivity contribution in [3.63, 3.8) is 0 Å². The van der Waals surface area contributed by atoms with E-state index in [2.05, 4.69) is 18.2 Å². The van der Waals surface area contributed by atoms with Gasteiger partial charge in [0.25, 0.3) is 0 Å². The van der Waals surface area contributed by atoms with E-state index in [-0.39, 0.29) is 5.78 Å². The Morgan fingerprint density at radius 3 is 2.39 bits per heavy atom. The highest BCUT2D eigenvalue weighted by atomic mass is 32.2. The van der Waals surface area contributed by atoms with Crippen LogP contribution in [-0.2, 0) is 22.3 Å². The highest BCUT2D eigenvalue weighted by molar-refractivity contribution is 7.83. The molecular weight excluding hydrogens is 308 g/mol. The maximum atomic E-state index is 12.6. The zero-order valence-corrected chi connectivity index (χ0v) is 14.8. The normalized spacial score (nSPS) is 12.0. The minimum absolute atomic E-state index is 0.00536. The number of carbonyl (C=O) groups is 1. The van der Waals surface area contributed by atoms with Crippen LogP contribution in [0.25, 0.3) is 0 Å². The molecule has 0 heterocycles. The Morgan fingerprint density at radius 2 is 1.74 bits per heavy atom. The lowest BCUT2D eigenvalue weighted by Crippen LogP contribution is -2.04. The van der Waals surface area contributed by atoms with Gasteiger partial charge < -0.3 is 4.74 Å². The molecule has 0 aliphatic carbocycles. The first-order chi connectivity index (χ1) is 10.9. The number of Topliss-reactive ketones (excluding diaryl/α,β-unsaturated/α-hetero) is 1. The number of carbonyl (C=O) groups excluding carboxylic acids is 1. The summed E-state index contributed by atoms with van der Waals surface area (Å²) in [5.74, 6) is 1.54. The van der Waals surface area contributed by atoms with E-state index >= 15 is 0 Å². The second-order valence-corrected chi connectivity index (χ2v) is 7.20. The zero-order valence-electron chi connectivity index (χ0n) is 14.0. The van der Waals surface area contributed by atoms with Crippen molar-refractivity contribution in [2.24, 2.45) is 0 Å². The van der Waals surface area contributed by atoms with Crippen LogP contribution >= 0.6 is 0 Å². The Balaban J connectivity index is 2.21. The van der Waals surface area contributed by atoms with Gasteiger partial charge in [0.1, 0.15) is 5.75 Å². The Hall–Kier alpha value is -1.94. The maximum Gasteiger partial charge on any atom is 0.159 e. The summed E-state index contributed by atoms with van der Waals surface area (Å²) in [5, 5.41) is 0. The molecule has 0 spiro atoms. The third-order valence-electron chi connectivity index (χ3n) is 3.82. The number of aryl methyl sites for hydroxylation is 2. The van der Waals surface area contributed by atoms with Gasteiger partial charge in [-0.1, -0.05) is 23.8 Å². The molecular formula is C19H22O3S. The topological polar surface area (TPSA) is 43.4 Å². The smallest absolute Gasteiger partial charge is 0.159 e. The predicted molar refractivity (Wildman–Crippen MR) is 94.5 cm³/mol. The number of hydrogen-bond donors (Lipinski definition) is 0. The molecule has 0 bridgehead atoms. The molecule has 0 saturated carbocycles. The molecule has 122 valence electrons. The van der Waals surface area contributed by atoms with E-state index in [0.29, 0.717) is 22.8 Å². The predicted octanol–water partition coefficient (Wildman–Crippen LogP) is 3.96. The second-order valence-electron chi connectivity index (χ2n) is 5.74. The number of hydrogen-bond acceptors (Lipinski definition) is 3. The number of methoxy groups -OCH3 is 1. The van der Waals surface area contributed by atoms with Crippen LogP contribution in [0, 0.1) is 13.8 Å². The first-order valence-electron chi connectivity index (χ1n) is 7.49. The average molecular weight is 330 g/mol. The van der Waals surface area contributed by atoms with Gasteiger partial charge in [0, 0.05) is 27.7 Å². The van der Waals surface area contributed by atoms with Gasteiger partial charge in [0.2, 0.25) is 0 Å². The van der Waals surface area contributed by atoms with E-state index < -0.39 is 10.8 Å². The van der Waals surface area contributed by atoms with Crippen molar-refractivity contribution in [2.75, 3.05) is 7.11 Å². The minimum atomic E-state index is -1.07. The van der Waals surface area contributed by atoms with E-state index in [0.717, 1.165) is 16.7 Å². The Morgan fingerprint density at radius 1 is 1.04 bits per heavy atom. The quantitative estimate of drug-likeness (QED) is 0.753. The maximum absolute atomic E-state index is 12.6. The van der Waals surface area contributed by atoms with Crippen molar-refractivity contribution >= 4 is 16.6 Å². The lowest BCUT2D eigenvalue weighted by molar-refractivity contribution is 0.101. The number of ether oxygens (including phenoxy) is 1. The Bertz CT molecular complexity index is 750. The van der Waals surface area contributed by atoms with Crippen molar-refractivity contribution in [1.82, 2.24) is 0 Å². The van der Waals surface area contributed by atoms with E-state index in [9.17, 15) is 9.00 Å². The third kappa shape index (κ3) is 4.52. The largest absolute Gasteiger partial charge is 0.496 e. The number of ketones is 1. The fourth-order valence-electron chi connectivity index (χ4n) is 2.46. The van der Waals surface area contributed by atoms with Crippen molar-refractivity contribution in [3.05, 3.63) is 64.2 Å². The summed E-state index contributed by atoms with van der Waals surface area (Å²) in [6, 6.07) is 11.5. The van der Waals surface area contributed by atoms with E-state index in [1.165, 1.54) is 12.5 Å². The molecule has 1 atom stereocenters. The summed E-state index contributed by atoms with van der Waals surface area (Å²) in [4.78, 5) is 11.5. The highest BCUT2D eigenvalue weighted by Gasteiger charge is 2.12. The van der Waals surface area contributed by atoms with Crippen molar-refractivity contribution in [3.8, 4) is 5.75 Å². The van der Waals surface area contributed by atoms with Gasteiger partial charge in [0.15, 0.2) is 5.78 Å². The molecule has 23 heavy (non-hydrogen) atoms. The summed E-state index contributed by atoms with van der Waals surface area (Å²) in [6.07, 6.45) is 0. The van der Waals surface area contributed by atoms with E-state index in [1.54, 1.807) is 25.3 Å². The van der Waals surface area contributed by atoms with Crippen molar-refractivity contribution in [2.45, 2.75) is 32.3 Å². The summed E-state index contributed by atoms with van der Waals surface area (Å²) < 4.78 is 17.9. The molecule has 3 nitrogen and oxygen atoms in total. The van der Waals surface area contributed by atoms with E-state index in [4.69, 9.17) is 4.74 Å². The van der Waals surface area contributed by atoms with Gasteiger partial charge in [0.05, 0.1) is 12.9 Å². The molecule has 0 aromatic heterocycles. The molecule has 0 fully saturated rings. The van der Waals surface area contributed by atoms with Crippen LogP contribution in [0.1, 0.15) is 39.5 Å². The zero-order chi connectivity index (χ0) is 17.0. The van der Waals surface area contributed by atoms with Crippen LogP contribution in [0.5, 0.6) is 5.75 Å². The van der Waals surface area contributed by atoms with Crippen LogP contribution < -0.4 is 4.74 Å². The van der Waals surface area contributed by atoms with Gasteiger partial charge in [-0.25, -0.2) is 0 Å². The van der Waals surface area contributed by atoms with E-state index in [1.807, 2.05) is 13.8 Å². The number of benzene rings is 2. The molecule has 0 aliphatic rings. The monoisotopic (exact) mass is 330 g/mol. The molecule has 4 heteroatoms. The van der Waals surface area contributed by atoms with Gasteiger partial charge in [-0.15, -0.1) is 0 Å². The fourth-order valence-corrected chi connectivity index (χ4v) is 3.80. The fraction of sp³-hybridized carbons (Fsp3) is 0.316. The van der Waals surface area contributed by atoms with Crippen LogP contribution in [-0.4, -0.2) is 17.1 Å². The molecule has 0 saturated heterocycles. The van der Waals surface area contributed by atoms with Crippen molar-refractivity contribution < 1.29 is 13.7 Å². The third-order valence-corrected chi connectivity index (χ3v) is 5.09. The van der Waals surface area contributed by atoms with Crippen LogP contribution in [0.3, 0.4) is 0 Å². The molecule has 0 N–H and O–H groups in total. The first-order valence-corrected chi connectivity index (χ1v) is 8.98. The molecule has 0 aliphatic heterocycles. The molecule has 2 aromatic carbocycles. The average Bonchev–Trinajstić information content (AvgIpc) is 2.50. The van der Waals surface area contributed by atoms with Gasteiger partial charge in [-0.2, -0.15) is 0 Å². The SMILES string of the molecule is COc1ccc(C(C)=O)cc1CS(=O)Cc1cc(C)ccc1C. The Kier molecular flexibility index (Phi) is 5.72. The summed E-state index contributed by atoms with van der Waals surface area (Å²) in [6.45, 7) is 5.59. The lowest BCUT2D eigenvalue weighted by atomic mass is 10.1. The molecule has 2 aromatic rings. The molecule has 0 radical (unpaired) electrons. The van der Waals surface area contributed by atoms with Crippen LogP contribution in [0.15, 0.2) is 36.4 Å². The van der Waals surface area contributed by atoms with Gasteiger partial charge in [-0.3, -0.25) is 9.00 Å². The number of rotatable bonds is 6. The minimum Gasteiger partial charge on any atom is -0.496 e. The standard InChI is InChI=1S/C19H22O3S/c1-13-5-6-14(2)17(9-13)11-23(21)12-18-10-16(15(3)20)7-8-19(18)22-4/h5-10H,11-12H2,1-4H3. The molecule has 0 amide bonds. The summed E-state index contributed by atoms with van der Waals surface area (Å²) in [5.41, 5.74) is 4.84.